The highest BCUT2D eigenvalue weighted by atomic mass is 32.2. The van der Waals surface area contributed by atoms with Crippen molar-refractivity contribution >= 4 is 15.7 Å². The van der Waals surface area contributed by atoms with E-state index in [1.54, 1.807) is 6.08 Å². The Balaban J connectivity index is 1.62. The Morgan fingerprint density at radius 2 is 1.76 bits per heavy atom. The van der Waals surface area contributed by atoms with Crippen LogP contribution in [0.4, 0.5) is 0 Å². The zero-order valence-electron chi connectivity index (χ0n) is 15.5. The van der Waals surface area contributed by atoms with Crippen molar-refractivity contribution in [2.75, 3.05) is 32.4 Å². The molecule has 3 aliphatic rings. The van der Waals surface area contributed by atoms with Gasteiger partial charge in [0.05, 0.1) is 5.75 Å². The largest absolute Gasteiger partial charge is 0.344 e. The van der Waals surface area contributed by atoms with Crippen LogP contribution in [0.15, 0.2) is 11.5 Å². The van der Waals surface area contributed by atoms with Gasteiger partial charge in [-0.25, -0.2) is 8.42 Å². The Morgan fingerprint density at radius 3 is 2.36 bits per heavy atom. The average Bonchev–Trinajstić information content (AvgIpc) is 2.95. The van der Waals surface area contributed by atoms with E-state index in [2.05, 4.69) is 4.90 Å². The van der Waals surface area contributed by atoms with Crippen molar-refractivity contribution in [2.24, 2.45) is 5.92 Å². The van der Waals surface area contributed by atoms with Crippen LogP contribution in [0.1, 0.15) is 57.8 Å². The lowest BCUT2D eigenvalue weighted by atomic mass is 9.78. The van der Waals surface area contributed by atoms with Crippen LogP contribution in [-0.4, -0.2) is 62.1 Å². The predicted molar refractivity (Wildman–Crippen MR) is 99.9 cm³/mol. The van der Waals surface area contributed by atoms with E-state index in [4.69, 9.17) is 0 Å². The SMILES string of the molecule is CN(CC1(N2CCCCC2)CCCCC1)C(=O)C[C@H]1C=CS(=O)(=O)C1. The van der Waals surface area contributed by atoms with Crippen molar-refractivity contribution in [1.82, 2.24) is 9.80 Å². The van der Waals surface area contributed by atoms with Crippen molar-refractivity contribution in [3.63, 3.8) is 0 Å². The van der Waals surface area contributed by atoms with Gasteiger partial charge < -0.3 is 4.90 Å². The van der Waals surface area contributed by atoms with Gasteiger partial charge in [0.1, 0.15) is 0 Å². The number of piperidine rings is 1. The van der Waals surface area contributed by atoms with Gasteiger partial charge in [0.25, 0.3) is 0 Å². The number of allylic oxidation sites excluding steroid dienone is 1. The second-order valence-corrected chi connectivity index (χ2v) is 10.1. The zero-order chi connectivity index (χ0) is 17.9. The monoisotopic (exact) mass is 368 g/mol. The van der Waals surface area contributed by atoms with Gasteiger partial charge >= 0.3 is 0 Å². The minimum Gasteiger partial charge on any atom is -0.344 e. The molecule has 0 spiro atoms. The normalized spacial score (nSPS) is 28.8. The van der Waals surface area contributed by atoms with Crippen molar-refractivity contribution in [1.29, 1.82) is 0 Å². The molecule has 0 bridgehead atoms. The first kappa shape index (κ1) is 18.9. The summed E-state index contributed by atoms with van der Waals surface area (Å²) in [5, 5.41) is 1.27. The Hall–Kier alpha value is -0.880. The lowest BCUT2D eigenvalue weighted by Gasteiger charge is -2.50. The summed E-state index contributed by atoms with van der Waals surface area (Å²) in [4.78, 5) is 17.2. The third-order valence-corrected chi connectivity index (χ3v) is 7.67. The molecule has 1 amide bonds. The fraction of sp³-hybridized carbons (Fsp3) is 0.842. The summed E-state index contributed by atoms with van der Waals surface area (Å²) in [6.07, 6.45) is 12.0. The Morgan fingerprint density at radius 1 is 1.12 bits per heavy atom. The summed E-state index contributed by atoms with van der Waals surface area (Å²) in [7, 11) is -1.18. The molecule has 6 heteroatoms. The molecule has 1 aliphatic carbocycles. The maximum Gasteiger partial charge on any atom is 0.222 e. The highest BCUT2D eigenvalue weighted by Gasteiger charge is 2.40. The van der Waals surface area contributed by atoms with Crippen LogP contribution in [0.2, 0.25) is 0 Å². The van der Waals surface area contributed by atoms with E-state index in [9.17, 15) is 13.2 Å². The first-order valence-corrected chi connectivity index (χ1v) is 11.5. The number of carbonyl (C=O) groups is 1. The maximum atomic E-state index is 12.7. The summed E-state index contributed by atoms with van der Waals surface area (Å²) in [6.45, 7) is 3.10. The van der Waals surface area contributed by atoms with Crippen LogP contribution >= 0.6 is 0 Å². The minimum atomic E-state index is -3.08. The zero-order valence-corrected chi connectivity index (χ0v) is 16.3. The smallest absolute Gasteiger partial charge is 0.222 e. The van der Waals surface area contributed by atoms with Gasteiger partial charge in [-0.05, 0) is 38.8 Å². The lowest BCUT2D eigenvalue weighted by Crippen LogP contribution is -2.58. The highest BCUT2D eigenvalue weighted by molar-refractivity contribution is 7.94. The van der Waals surface area contributed by atoms with Gasteiger partial charge in [-0.15, -0.1) is 0 Å². The molecule has 0 aromatic carbocycles. The molecule has 0 aromatic rings. The number of sulfone groups is 1. The van der Waals surface area contributed by atoms with Gasteiger partial charge in [0.15, 0.2) is 9.84 Å². The van der Waals surface area contributed by atoms with Gasteiger partial charge in [-0.1, -0.05) is 31.8 Å². The predicted octanol–water partition coefficient (Wildman–Crippen LogP) is 2.58. The fourth-order valence-corrected chi connectivity index (χ4v) is 6.23. The molecule has 2 fully saturated rings. The number of amides is 1. The van der Waals surface area contributed by atoms with Gasteiger partial charge in [-0.2, -0.15) is 0 Å². The summed E-state index contributed by atoms with van der Waals surface area (Å²) in [6, 6.07) is 0. The van der Waals surface area contributed by atoms with E-state index in [-0.39, 0.29) is 23.1 Å². The molecule has 1 saturated heterocycles. The number of likely N-dealkylation sites (N-methyl/N-ethyl adjacent to an activating group) is 1. The summed E-state index contributed by atoms with van der Waals surface area (Å²) in [5.41, 5.74) is 0.140. The van der Waals surface area contributed by atoms with Crippen LogP contribution < -0.4 is 0 Å². The van der Waals surface area contributed by atoms with Gasteiger partial charge in [-0.3, -0.25) is 9.69 Å². The Kier molecular flexibility index (Phi) is 5.88. The molecule has 1 saturated carbocycles. The van der Waals surface area contributed by atoms with Crippen molar-refractivity contribution in [3.8, 4) is 0 Å². The second kappa shape index (κ2) is 7.78. The highest BCUT2D eigenvalue weighted by Crippen LogP contribution is 2.36. The number of hydrogen-bond donors (Lipinski definition) is 0. The van der Waals surface area contributed by atoms with Gasteiger partial charge in [0, 0.05) is 36.9 Å². The minimum absolute atomic E-state index is 0.0775. The van der Waals surface area contributed by atoms with E-state index in [0.717, 1.165) is 19.6 Å². The molecule has 3 rings (SSSR count). The molecule has 0 aromatic heterocycles. The van der Waals surface area contributed by atoms with Crippen molar-refractivity contribution in [2.45, 2.75) is 63.3 Å². The topological polar surface area (TPSA) is 57.7 Å². The first-order valence-electron chi connectivity index (χ1n) is 9.80. The molecule has 5 nitrogen and oxygen atoms in total. The first-order chi connectivity index (χ1) is 11.9. The summed E-state index contributed by atoms with van der Waals surface area (Å²) < 4.78 is 23.1. The molecule has 142 valence electrons. The maximum absolute atomic E-state index is 12.7. The molecule has 25 heavy (non-hydrogen) atoms. The second-order valence-electron chi connectivity index (χ2n) is 8.20. The number of rotatable bonds is 5. The fourth-order valence-electron chi connectivity index (χ4n) is 4.83. The van der Waals surface area contributed by atoms with Crippen LogP contribution in [0.5, 0.6) is 0 Å². The van der Waals surface area contributed by atoms with E-state index in [0.29, 0.717) is 6.42 Å². The van der Waals surface area contributed by atoms with Crippen LogP contribution in [0, 0.1) is 5.92 Å². The third kappa shape index (κ3) is 4.64. The van der Waals surface area contributed by atoms with E-state index < -0.39 is 9.84 Å². The Bertz CT molecular complexity index is 602. The number of nitrogens with zero attached hydrogens (tertiary/aromatic N) is 2. The molecule has 1 atom stereocenters. The Labute approximate surface area is 152 Å². The average molecular weight is 369 g/mol. The molecule has 0 unspecified atom stereocenters. The van der Waals surface area contributed by atoms with E-state index in [1.165, 1.54) is 56.8 Å². The van der Waals surface area contributed by atoms with E-state index in [1.807, 2.05) is 11.9 Å². The van der Waals surface area contributed by atoms with Crippen molar-refractivity contribution < 1.29 is 13.2 Å². The molecular weight excluding hydrogens is 336 g/mol. The molecule has 0 N–H and O–H groups in total. The van der Waals surface area contributed by atoms with Gasteiger partial charge in [0.2, 0.25) is 5.91 Å². The van der Waals surface area contributed by atoms with E-state index >= 15 is 0 Å². The van der Waals surface area contributed by atoms with Crippen LogP contribution in [0.25, 0.3) is 0 Å². The standard InChI is InChI=1S/C19H32N2O3S/c1-20(18(22)14-17-8-13-25(23,24)15-17)16-19(9-4-2-5-10-19)21-11-6-3-7-12-21/h8,13,17H,2-7,9-12,14-16H2,1H3/t17-/m1/s1. The third-order valence-electron chi connectivity index (χ3n) is 6.21. The molecule has 2 aliphatic heterocycles. The van der Waals surface area contributed by atoms with Crippen molar-refractivity contribution in [3.05, 3.63) is 11.5 Å². The molecular formula is C19H32N2O3S. The summed E-state index contributed by atoms with van der Waals surface area (Å²) in [5.74, 6) is 0.00933. The number of carbonyl (C=O) groups excluding carboxylic acids is 1. The van der Waals surface area contributed by atoms with Crippen LogP contribution in [0.3, 0.4) is 0 Å². The van der Waals surface area contributed by atoms with Crippen LogP contribution in [-0.2, 0) is 14.6 Å². The quantitative estimate of drug-likeness (QED) is 0.748. The lowest BCUT2D eigenvalue weighted by molar-refractivity contribution is -0.133. The molecule has 2 heterocycles. The number of likely N-dealkylation sites (tertiary alicyclic amines) is 1. The summed E-state index contributed by atoms with van der Waals surface area (Å²) >= 11 is 0. The number of hydrogen-bond acceptors (Lipinski definition) is 4. The molecule has 0 radical (unpaired) electrons.